The van der Waals surface area contributed by atoms with E-state index in [-0.39, 0.29) is 26.4 Å². The summed E-state index contributed by atoms with van der Waals surface area (Å²) in [6, 6.07) is 14.0. The number of nitrogens with zero attached hydrogens (tertiary/aromatic N) is 2. The number of esters is 1. The van der Waals surface area contributed by atoms with Crippen molar-refractivity contribution in [2.75, 3.05) is 26.0 Å². The molecule has 14 heteroatoms. The Morgan fingerprint density at radius 2 is 1.88 bits per heavy atom. The lowest BCUT2D eigenvalue weighted by molar-refractivity contribution is -0.135. The second-order valence-electron chi connectivity index (χ2n) is 8.93. The summed E-state index contributed by atoms with van der Waals surface area (Å²) in [6.07, 6.45) is 2.62. The van der Waals surface area contributed by atoms with Crippen LogP contribution in [0.5, 0.6) is 0 Å². The van der Waals surface area contributed by atoms with Crippen LogP contribution in [0.1, 0.15) is 12.7 Å². The molecule has 10 nitrogen and oxygen atoms in total. The van der Waals surface area contributed by atoms with Crippen molar-refractivity contribution in [3.05, 3.63) is 90.0 Å². The molecule has 2 aromatic carbocycles. The number of rotatable bonds is 9. The number of amides is 1. The van der Waals surface area contributed by atoms with Gasteiger partial charge in [-0.15, -0.1) is 11.3 Å². The third-order valence-corrected chi connectivity index (χ3v) is 9.19. The minimum atomic E-state index is -3.73. The first-order chi connectivity index (χ1) is 19.9. The van der Waals surface area contributed by atoms with E-state index in [4.69, 9.17) is 32.4 Å². The fourth-order valence-electron chi connectivity index (χ4n) is 3.76. The van der Waals surface area contributed by atoms with Gasteiger partial charge in [0.15, 0.2) is 0 Å². The van der Waals surface area contributed by atoms with E-state index in [9.17, 15) is 22.8 Å². The van der Waals surface area contributed by atoms with Crippen LogP contribution in [0.4, 0.5) is 5.69 Å². The van der Waals surface area contributed by atoms with Gasteiger partial charge in [-0.2, -0.15) is 0 Å². The summed E-state index contributed by atoms with van der Waals surface area (Å²) in [5.74, 6) is -0.536. The number of thiazole rings is 1. The van der Waals surface area contributed by atoms with Gasteiger partial charge in [0.2, 0.25) is 15.9 Å². The maximum Gasteiger partial charge on any atom is 0.333 e. The Labute approximate surface area is 255 Å². The molecule has 0 unspecified atom stereocenters. The highest BCUT2D eigenvalue weighted by atomic mass is 35.5. The largest absolute Gasteiger partial charge is 0.463 e. The molecule has 0 aliphatic rings. The summed E-state index contributed by atoms with van der Waals surface area (Å²) in [4.78, 5) is 38.6. The van der Waals surface area contributed by atoms with E-state index < -0.39 is 34.0 Å². The van der Waals surface area contributed by atoms with E-state index >= 15 is 0 Å². The molecule has 42 heavy (non-hydrogen) atoms. The number of furan rings is 1. The van der Waals surface area contributed by atoms with Crippen molar-refractivity contribution in [2.24, 2.45) is 0 Å². The molecule has 0 spiro atoms. The second-order valence-corrected chi connectivity index (χ2v) is 13.0. The van der Waals surface area contributed by atoms with E-state index in [2.05, 4.69) is 5.32 Å². The number of anilines is 1. The Bertz CT molecular complexity index is 1940. The molecule has 0 aliphatic heterocycles. The number of aromatic nitrogens is 1. The number of carbonyl (C=O) groups is 2. The zero-order chi connectivity index (χ0) is 30.6. The summed E-state index contributed by atoms with van der Waals surface area (Å²) in [6.45, 7) is 1.31. The molecule has 0 saturated carbocycles. The molecule has 4 rings (SSSR count). The lowest BCUT2D eigenvalue weighted by Gasteiger charge is -2.12. The van der Waals surface area contributed by atoms with Crippen LogP contribution in [0.25, 0.3) is 23.5 Å². The SMILES string of the molecule is CCOC(=O)/C=c1/s/c(=C\c2ccc(-c3cc(Cl)ccc3Cl)o2)c(=O)n1CC(=O)Nc1cccc(S(=O)(=O)N(C)C)c1. The minimum absolute atomic E-state index is 0.0110. The number of carbonyl (C=O) groups excluding carboxylic acids is 2. The highest BCUT2D eigenvalue weighted by Crippen LogP contribution is 2.31. The second kappa shape index (κ2) is 13.1. The highest BCUT2D eigenvalue weighted by Gasteiger charge is 2.18. The molecule has 1 amide bonds. The topological polar surface area (TPSA) is 128 Å². The van der Waals surface area contributed by atoms with Crippen LogP contribution < -0.4 is 20.1 Å². The third-order valence-electron chi connectivity index (χ3n) is 5.76. The van der Waals surface area contributed by atoms with Gasteiger partial charge in [0.1, 0.15) is 22.7 Å². The molecule has 0 saturated heterocycles. The van der Waals surface area contributed by atoms with E-state index in [0.29, 0.717) is 27.1 Å². The molecule has 0 radical (unpaired) electrons. The molecule has 0 aliphatic carbocycles. The molecule has 4 aromatic rings. The van der Waals surface area contributed by atoms with Gasteiger partial charge in [0.25, 0.3) is 5.56 Å². The van der Waals surface area contributed by atoms with Gasteiger partial charge in [0, 0.05) is 36.4 Å². The zero-order valence-electron chi connectivity index (χ0n) is 22.6. The van der Waals surface area contributed by atoms with Crippen LogP contribution in [0.15, 0.2) is 68.7 Å². The first-order valence-electron chi connectivity index (χ1n) is 12.4. The smallest absolute Gasteiger partial charge is 0.333 e. The van der Waals surface area contributed by atoms with E-state index in [1.165, 1.54) is 44.4 Å². The number of benzene rings is 2. The molecule has 0 bridgehead atoms. The normalized spacial score (nSPS) is 12.6. The molecule has 0 atom stereocenters. The predicted molar refractivity (Wildman–Crippen MR) is 163 cm³/mol. The number of nitrogens with one attached hydrogen (secondary N) is 1. The summed E-state index contributed by atoms with van der Waals surface area (Å²) in [7, 11) is -0.931. The Balaban J connectivity index is 1.68. The lowest BCUT2D eigenvalue weighted by Crippen LogP contribution is -2.36. The number of halogens is 2. The highest BCUT2D eigenvalue weighted by molar-refractivity contribution is 7.89. The average molecular weight is 651 g/mol. The van der Waals surface area contributed by atoms with Crippen molar-refractivity contribution in [1.29, 1.82) is 0 Å². The monoisotopic (exact) mass is 649 g/mol. The van der Waals surface area contributed by atoms with Crippen molar-refractivity contribution in [3.63, 3.8) is 0 Å². The number of hydrogen-bond donors (Lipinski definition) is 1. The molecular weight excluding hydrogens is 625 g/mol. The van der Waals surface area contributed by atoms with Crippen LogP contribution in [0.2, 0.25) is 10.0 Å². The Morgan fingerprint density at radius 1 is 1.12 bits per heavy atom. The molecular formula is C28H25Cl2N3O7S2. The van der Waals surface area contributed by atoms with Crippen LogP contribution in [-0.2, 0) is 30.9 Å². The van der Waals surface area contributed by atoms with Crippen LogP contribution in [0.3, 0.4) is 0 Å². The lowest BCUT2D eigenvalue weighted by atomic mass is 10.2. The van der Waals surface area contributed by atoms with Crippen molar-refractivity contribution in [3.8, 4) is 11.3 Å². The van der Waals surface area contributed by atoms with Crippen molar-refractivity contribution in [1.82, 2.24) is 8.87 Å². The van der Waals surface area contributed by atoms with Gasteiger partial charge in [-0.25, -0.2) is 17.5 Å². The minimum Gasteiger partial charge on any atom is -0.463 e. The first-order valence-corrected chi connectivity index (χ1v) is 15.4. The number of hydrogen-bond acceptors (Lipinski definition) is 8. The average Bonchev–Trinajstić information content (AvgIpc) is 3.50. The van der Waals surface area contributed by atoms with Gasteiger partial charge in [0.05, 0.1) is 27.1 Å². The van der Waals surface area contributed by atoms with Gasteiger partial charge >= 0.3 is 5.97 Å². The standard InChI is InChI=1S/C28H25Cl2N3O7S2/c1-4-39-27(35)15-26-33(16-25(34)31-18-6-5-7-20(13-18)42(37,38)32(2)3)28(36)24(41-26)14-19-9-11-23(40-19)21-12-17(29)8-10-22(21)30/h5-15H,4,16H2,1-3H3,(H,31,34)/b24-14-,26-15+. The van der Waals surface area contributed by atoms with Crippen LogP contribution in [-0.4, -0.2) is 49.9 Å². The fourth-order valence-corrected chi connectivity index (χ4v) is 6.10. The van der Waals surface area contributed by atoms with Gasteiger partial charge < -0.3 is 14.5 Å². The molecule has 0 fully saturated rings. The summed E-state index contributed by atoms with van der Waals surface area (Å²) in [5, 5.41) is 3.51. The van der Waals surface area contributed by atoms with Gasteiger partial charge in [-0.1, -0.05) is 29.3 Å². The van der Waals surface area contributed by atoms with E-state index in [0.717, 1.165) is 26.3 Å². The van der Waals surface area contributed by atoms with Crippen LogP contribution >= 0.6 is 34.5 Å². The number of sulfonamides is 1. The fraction of sp³-hybridized carbons (Fsp3) is 0.179. The molecule has 2 aromatic heterocycles. The zero-order valence-corrected chi connectivity index (χ0v) is 25.7. The maximum absolute atomic E-state index is 13.4. The van der Waals surface area contributed by atoms with E-state index in [1.54, 1.807) is 37.3 Å². The maximum atomic E-state index is 13.4. The third kappa shape index (κ3) is 7.20. The quantitative estimate of drug-likeness (QED) is 0.275. The Hall–Kier alpha value is -3.68. The van der Waals surface area contributed by atoms with Crippen molar-refractivity contribution in [2.45, 2.75) is 18.4 Å². The first kappa shape index (κ1) is 31.3. The van der Waals surface area contributed by atoms with Gasteiger partial charge in [-0.05, 0) is 55.5 Å². The Kier molecular flexibility index (Phi) is 9.74. The molecule has 2 heterocycles. The van der Waals surface area contributed by atoms with Crippen LogP contribution in [0, 0.1) is 0 Å². The molecule has 1 N–H and O–H groups in total. The summed E-state index contributed by atoms with van der Waals surface area (Å²) in [5.41, 5.74) is 0.243. The summed E-state index contributed by atoms with van der Waals surface area (Å²) >= 11 is 13.3. The van der Waals surface area contributed by atoms with Gasteiger partial charge in [-0.3, -0.25) is 14.2 Å². The Morgan fingerprint density at radius 3 is 2.60 bits per heavy atom. The predicted octanol–water partition coefficient (Wildman–Crippen LogP) is 3.54. The van der Waals surface area contributed by atoms with Crippen molar-refractivity contribution >= 4 is 74.3 Å². The number of ether oxygens (including phenoxy) is 1. The molecule has 220 valence electrons. The summed E-state index contributed by atoms with van der Waals surface area (Å²) < 4.78 is 38.4. The van der Waals surface area contributed by atoms with Crippen molar-refractivity contribution < 1.29 is 27.2 Å². The van der Waals surface area contributed by atoms with E-state index in [1.807, 2.05) is 0 Å².